The first kappa shape index (κ1) is 15.7. The second kappa shape index (κ2) is 7.96. The van der Waals surface area contributed by atoms with Gasteiger partial charge in [0.05, 0.1) is 6.61 Å². The lowest BCUT2D eigenvalue weighted by molar-refractivity contribution is 0.110. The molecule has 20 heavy (non-hydrogen) atoms. The maximum Gasteiger partial charge on any atom is 0.0558 e. The van der Waals surface area contributed by atoms with Gasteiger partial charge in [0.25, 0.3) is 0 Å². The Balaban J connectivity index is 1.75. The van der Waals surface area contributed by atoms with Gasteiger partial charge < -0.3 is 15.7 Å². The highest BCUT2D eigenvalue weighted by atomic mass is 35.5. The zero-order valence-corrected chi connectivity index (χ0v) is 12.6. The molecule has 0 saturated carbocycles. The fourth-order valence-corrected chi connectivity index (χ4v) is 2.91. The van der Waals surface area contributed by atoms with E-state index in [4.69, 9.17) is 22.4 Å². The number of hydrogen-bond donors (Lipinski definition) is 2. The fraction of sp³-hybridized carbons (Fsp3) is 0.600. The van der Waals surface area contributed by atoms with Gasteiger partial charge in [-0.05, 0) is 18.1 Å². The van der Waals surface area contributed by atoms with E-state index in [0.717, 1.165) is 56.3 Å². The third-order valence-electron chi connectivity index (χ3n) is 3.94. The van der Waals surface area contributed by atoms with Gasteiger partial charge in [-0.1, -0.05) is 29.8 Å². The lowest BCUT2D eigenvalue weighted by Crippen LogP contribution is -2.47. The molecule has 1 fully saturated rings. The Morgan fingerprint density at radius 3 is 2.30 bits per heavy atom. The quantitative estimate of drug-likeness (QED) is 0.832. The molecular weight excluding hydrogens is 274 g/mol. The molecule has 1 aliphatic rings. The molecule has 1 saturated heterocycles. The van der Waals surface area contributed by atoms with Crippen molar-refractivity contribution in [3.8, 4) is 0 Å². The van der Waals surface area contributed by atoms with Gasteiger partial charge in [-0.15, -0.1) is 0 Å². The van der Waals surface area contributed by atoms with Crippen molar-refractivity contribution >= 4 is 11.6 Å². The third kappa shape index (κ3) is 4.43. The Bertz CT molecular complexity index is 408. The van der Waals surface area contributed by atoms with Crippen LogP contribution in [0.25, 0.3) is 0 Å². The Kier molecular flexibility index (Phi) is 6.26. The van der Waals surface area contributed by atoms with Crippen LogP contribution in [0.4, 0.5) is 0 Å². The van der Waals surface area contributed by atoms with Crippen LogP contribution in [0.2, 0.25) is 5.02 Å². The highest BCUT2D eigenvalue weighted by molar-refractivity contribution is 6.31. The Morgan fingerprint density at radius 2 is 1.70 bits per heavy atom. The van der Waals surface area contributed by atoms with Crippen LogP contribution >= 0.6 is 11.6 Å². The van der Waals surface area contributed by atoms with Gasteiger partial charge in [-0.3, -0.25) is 4.90 Å². The van der Waals surface area contributed by atoms with E-state index in [1.165, 1.54) is 0 Å². The highest BCUT2D eigenvalue weighted by Gasteiger charge is 2.17. The van der Waals surface area contributed by atoms with Crippen LogP contribution in [-0.2, 0) is 0 Å². The van der Waals surface area contributed by atoms with Gasteiger partial charge in [0.1, 0.15) is 0 Å². The van der Waals surface area contributed by atoms with E-state index in [-0.39, 0.29) is 12.6 Å². The summed E-state index contributed by atoms with van der Waals surface area (Å²) in [4.78, 5) is 4.73. The van der Waals surface area contributed by atoms with Crippen LogP contribution in [0.15, 0.2) is 24.3 Å². The summed E-state index contributed by atoms with van der Waals surface area (Å²) in [6.45, 7) is 6.19. The number of aliphatic hydroxyl groups is 1. The zero-order valence-electron chi connectivity index (χ0n) is 11.8. The van der Waals surface area contributed by atoms with Crippen molar-refractivity contribution in [1.82, 2.24) is 9.80 Å². The smallest absolute Gasteiger partial charge is 0.0558 e. The molecule has 3 N–H and O–H groups in total. The number of nitrogens with two attached hydrogens (primary N) is 1. The topological polar surface area (TPSA) is 52.7 Å². The summed E-state index contributed by atoms with van der Waals surface area (Å²) in [5.41, 5.74) is 7.27. The molecule has 1 atom stereocenters. The molecule has 1 heterocycles. The summed E-state index contributed by atoms with van der Waals surface area (Å²) in [7, 11) is 0. The lowest BCUT2D eigenvalue weighted by Gasteiger charge is -2.34. The summed E-state index contributed by atoms with van der Waals surface area (Å²) in [6, 6.07) is 7.81. The van der Waals surface area contributed by atoms with Crippen molar-refractivity contribution in [2.75, 3.05) is 45.9 Å². The van der Waals surface area contributed by atoms with Crippen LogP contribution in [0, 0.1) is 0 Å². The van der Waals surface area contributed by atoms with Gasteiger partial charge in [-0.2, -0.15) is 0 Å². The minimum absolute atomic E-state index is 0.000767. The van der Waals surface area contributed by atoms with Crippen molar-refractivity contribution in [2.24, 2.45) is 5.73 Å². The molecule has 4 nitrogen and oxygen atoms in total. The first-order chi connectivity index (χ1) is 9.70. The van der Waals surface area contributed by atoms with Crippen LogP contribution in [0.5, 0.6) is 0 Å². The number of aliphatic hydroxyl groups excluding tert-OH is 1. The summed E-state index contributed by atoms with van der Waals surface area (Å²) in [5, 5.41) is 9.69. The second-order valence-electron chi connectivity index (χ2n) is 5.32. The Labute approximate surface area is 126 Å². The average molecular weight is 298 g/mol. The van der Waals surface area contributed by atoms with E-state index in [9.17, 15) is 0 Å². The van der Waals surface area contributed by atoms with Gasteiger partial charge in [0, 0.05) is 50.3 Å². The van der Waals surface area contributed by atoms with Crippen LogP contribution in [-0.4, -0.2) is 60.8 Å². The molecular formula is C15H24ClN3O. The number of rotatable bonds is 6. The summed E-state index contributed by atoms with van der Waals surface area (Å²) >= 11 is 6.17. The highest BCUT2D eigenvalue weighted by Crippen LogP contribution is 2.23. The molecule has 0 spiro atoms. The molecule has 1 aliphatic heterocycles. The molecule has 2 rings (SSSR count). The Hall–Kier alpha value is -0.650. The Morgan fingerprint density at radius 1 is 1.10 bits per heavy atom. The van der Waals surface area contributed by atoms with Crippen molar-refractivity contribution in [2.45, 2.75) is 12.5 Å². The fourth-order valence-electron chi connectivity index (χ4n) is 2.63. The maximum atomic E-state index is 8.93. The molecule has 0 bridgehead atoms. The van der Waals surface area contributed by atoms with Crippen molar-refractivity contribution in [3.05, 3.63) is 34.9 Å². The van der Waals surface area contributed by atoms with Crippen LogP contribution in [0.3, 0.4) is 0 Å². The van der Waals surface area contributed by atoms with E-state index in [1.54, 1.807) is 0 Å². The largest absolute Gasteiger partial charge is 0.395 e. The second-order valence-corrected chi connectivity index (χ2v) is 5.73. The van der Waals surface area contributed by atoms with E-state index in [1.807, 2.05) is 24.3 Å². The molecule has 5 heteroatoms. The predicted octanol–water partition coefficient (Wildman–Crippen LogP) is 1.34. The van der Waals surface area contributed by atoms with Gasteiger partial charge >= 0.3 is 0 Å². The molecule has 1 aromatic rings. The minimum Gasteiger partial charge on any atom is -0.395 e. The summed E-state index contributed by atoms with van der Waals surface area (Å²) in [5.74, 6) is 0. The van der Waals surface area contributed by atoms with E-state index >= 15 is 0 Å². The number of benzene rings is 1. The van der Waals surface area contributed by atoms with Crippen LogP contribution < -0.4 is 5.73 Å². The molecule has 1 unspecified atom stereocenters. The molecule has 0 amide bonds. The maximum absolute atomic E-state index is 8.93. The molecule has 0 aliphatic carbocycles. The van der Waals surface area contributed by atoms with Crippen molar-refractivity contribution < 1.29 is 5.11 Å². The van der Waals surface area contributed by atoms with E-state index in [2.05, 4.69) is 9.80 Å². The summed E-state index contributed by atoms with van der Waals surface area (Å²) in [6.07, 6.45) is 0.920. The first-order valence-corrected chi connectivity index (χ1v) is 7.64. The zero-order chi connectivity index (χ0) is 14.4. The van der Waals surface area contributed by atoms with E-state index < -0.39 is 0 Å². The predicted molar refractivity (Wildman–Crippen MR) is 83.0 cm³/mol. The van der Waals surface area contributed by atoms with Gasteiger partial charge in [0.15, 0.2) is 0 Å². The average Bonchev–Trinajstić information content (AvgIpc) is 2.47. The third-order valence-corrected chi connectivity index (χ3v) is 4.29. The van der Waals surface area contributed by atoms with E-state index in [0.29, 0.717) is 0 Å². The van der Waals surface area contributed by atoms with Crippen molar-refractivity contribution in [3.63, 3.8) is 0 Å². The standard InChI is InChI=1S/C15H24ClN3O/c16-14-4-2-1-3-13(14)15(17)5-6-18-7-9-19(10-8-18)11-12-20/h1-4,15,20H,5-12,17H2. The lowest BCUT2D eigenvalue weighted by atomic mass is 10.0. The summed E-state index contributed by atoms with van der Waals surface area (Å²) < 4.78 is 0. The first-order valence-electron chi connectivity index (χ1n) is 7.26. The van der Waals surface area contributed by atoms with Gasteiger partial charge in [0.2, 0.25) is 0 Å². The molecule has 112 valence electrons. The number of nitrogens with zero attached hydrogens (tertiary/aromatic N) is 2. The molecule has 0 aromatic heterocycles. The van der Waals surface area contributed by atoms with Gasteiger partial charge in [-0.25, -0.2) is 0 Å². The molecule has 1 aromatic carbocycles. The molecule has 0 radical (unpaired) electrons. The number of β-amino-alcohol motifs (C(OH)–C–C–N with tert-alkyl or cyclic N) is 1. The monoisotopic (exact) mass is 297 g/mol. The normalized spacial score (nSPS) is 19.1. The minimum atomic E-state index is -0.000767. The van der Waals surface area contributed by atoms with Crippen molar-refractivity contribution in [1.29, 1.82) is 0 Å². The number of halogens is 1. The number of piperazine rings is 1. The SMILES string of the molecule is NC(CCN1CCN(CCO)CC1)c1ccccc1Cl. The number of hydrogen-bond acceptors (Lipinski definition) is 4. The van der Waals surface area contributed by atoms with Crippen LogP contribution in [0.1, 0.15) is 18.0 Å².